The van der Waals surface area contributed by atoms with Gasteiger partial charge in [0, 0.05) is 17.8 Å². The molecule has 0 rings (SSSR count). The van der Waals surface area contributed by atoms with Crippen molar-refractivity contribution in [2.75, 3.05) is 19.6 Å². The fraction of sp³-hybridized carbons (Fsp3) is 0.909. The van der Waals surface area contributed by atoms with Crippen molar-refractivity contribution in [2.24, 2.45) is 0 Å². The molecule has 0 spiro atoms. The van der Waals surface area contributed by atoms with Gasteiger partial charge in [-0.15, -0.1) is 0 Å². The molecule has 0 saturated carbocycles. The molecule has 0 unspecified atom stereocenters. The Hall–Kier alpha value is 0.130. The molecule has 16 heavy (non-hydrogen) atoms. The molecule has 0 bridgehead atoms. The monoisotopic (exact) mass is 264 g/mol. The van der Waals surface area contributed by atoms with E-state index in [9.17, 15) is 4.79 Å². The minimum absolute atomic E-state index is 0.0103. The van der Waals surface area contributed by atoms with E-state index in [2.05, 4.69) is 49.7 Å². The van der Waals surface area contributed by atoms with Gasteiger partial charge >= 0.3 is 0 Å². The molecular weight excluding hydrogens is 240 g/mol. The van der Waals surface area contributed by atoms with Crippen molar-refractivity contribution in [3.63, 3.8) is 0 Å². The van der Waals surface area contributed by atoms with Crippen molar-refractivity contribution in [3.8, 4) is 0 Å². The molecule has 2 N–H and O–H groups in total. The van der Waals surface area contributed by atoms with Crippen LogP contribution in [-0.4, -0.2) is 35.0 Å². The lowest BCUT2D eigenvalue weighted by Gasteiger charge is -2.19. The predicted octanol–water partition coefficient (Wildman–Crippen LogP) is 1.50. The van der Waals surface area contributed by atoms with Gasteiger partial charge in [0.2, 0.25) is 5.91 Å². The lowest BCUT2D eigenvalue weighted by atomic mass is 10.2. The summed E-state index contributed by atoms with van der Waals surface area (Å²) in [7, 11) is 0. The van der Waals surface area contributed by atoms with Gasteiger partial charge in [0.15, 0.2) is 0 Å². The van der Waals surface area contributed by atoms with Gasteiger partial charge in [0.25, 0.3) is 0 Å². The minimum atomic E-state index is -0.597. The fourth-order valence-corrected chi connectivity index (χ4v) is 1.22. The van der Waals surface area contributed by atoms with Crippen molar-refractivity contribution < 1.29 is 4.79 Å². The van der Waals surface area contributed by atoms with Crippen LogP contribution in [0.25, 0.3) is 0 Å². The molecule has 0 saturated heterocycles. The van der Waals surface area contributed by atoms with Gasteiger partial charge < -0.3 is 10.6 Å². The number of rotatable bonds is 7. The average Bonchev–Trinajstić information content (AvgIpc) is 2.07. The Morgan fingerprint density at radius 1 is 1.12 bits per heavy atom. The first-order chi connectivity index (χ1) is 7.13. The molecule has 0 aliphatic carbocycles. The van der Waals surface area contributed by atoms with E-state index in [1.807, 2.05) is 0 Å². The maximum absolute atomic E-state index is 11.4. The van der Waals surface area contributed by atoms with Crippen molar-refractivity contribution in [2.45, 2.75) is 43.6 Å². The molecule has 0 aromatic carbocycles. The Morgan fingerprint density at radius 3 is 2.12 bits per heavy atom. The van der Waals surface area contributed by atoms with E-state index in [1.54, 1.807) is 13.8 Å². The minimum Gasteiger partial charge on any atom is -0.355 e. The highest BCUT2D eigenvalue weighted by Gasteiger charge is 2.21. The molecule has 0 radical (unpaired) electrons. The first kappa shape index (κ1) is 16.1. The molecule has 0 atom stereocenters. The lowest BCUT2D eigenvalue weighted by molar-refractivity contribution is -0.122. The van der Waals surface area contributed by atoms with Crippen molar-refractivity contribution in [1.29, 1.82) is 0 Å². The predicted molar refractivity (Wildman–Crippen MR) is 76.6 cm³/mol. The topological polar surface area (TPSA) is 41.1 Å². The van der Waals surface area contributed by atoms with Crippen LogP contribution in [0, 0.1) is 0 Å². The summed E-state index contributed by atoms with van der Waals surface area (Å²) in [6.07, 6.45) is 0.916. The maximum atomic E-state index is 11.4. The maximum Gasteiger partial charge on any atom is 0.235 e. The second kappa shape index (κ2) is 6.77. The Kier molecular flexibility index (Phi) is 6.82. The Bertz CT molecular complexity index is 219. The summed E-state index contributed by atoms with van der Waals surface area (Å²) in [6.45, 7) is 10.1. The van der Waals surface area contributed by atoms with Gasteiger partial charge in [-0.3, -0.25) is 4.79 Å². The van der Waals surface area contributed by atoms with Crippen LogP contribution in [0.2, 0.25) is 0 Å². The molecule has 3 nitrogen and oxygen atoms in total. The van der Waals surface area contributed by atoms with Crippen LogP contribution < -0.4 is 10.6 Å². The van der Waals surface area contributed by atoms with Gasteiger partial charge in [-0.25, -0.2) is 0 Å². The molecule has 0 aliphatic heterocycles. The molecular formula is C11H24N2OS2. The normalized spacial score (nSPS) is 12.6. The van der Waals surface area contributed by atoms with Gasteiger partial charge in [0.1, 0.15) is 0 Å². The number of nitrogens with one attached hydrogen (secondary N) is 2. The van der Waals surface area contributed by atoms with Crippen molar-refractivity contribution in [3.05, 3.63) is 0 Å². The standard InChI is InChI=1S/C11H24N2OS2/c1-10(2,15)8-12-6-5-7-13-9(14)11(3,4)16/h12,15-16H,5-8H2,1-4H3,(H,13,14). The molecule has 0 heterocycles. The van der Waals surface area contributed by atoms with Crippen molar-refractivity contribution in [1.82, 2.24) is 10.6 Å². The summed E-state index contributed by atoms with van der Waals surface area (Å²) in [5.41, 5.74) is 0. The summed E-state index contributed by atoms with van der Waals surface area (Å²) in [5.74, 6) is -0.0228. The van der Waals surface area contributed by atoms with E-state index >= 15 is 0 Å². The first-order valence-electron chi connectivity index (χ1n) is 5.57. The fourth-order valence-electron chi connectivity index (χ4n) is 1.03. The third kappa shape index (κ3) is 9.36. The van der Waals surface area contributed by atoms with E-state index < -0.39 is 4.75 Å². The Labute approximate surface area is 110 Å². The number of amides is 1. The number of carbonyl (C=O) groups excluding carboxylic acids is 1. The van der Waals surface area contributed by atoms with E-state index in [4.69, 9.17) is 0 Å². The summed E-state index contributed by atoms with van der Waals surface area (Å²) >= 11 is 8.60. The van der Waals surface area contributed by atoms with Gasteiger partial charge in [-0.2, -0.15) is 25.3 Å². The van der Waals surface area contributed by atoms with Gasteiger partial charge in [0.05, 0.1) is 4.75 Å². The molecule has 0 fully saturated rings. The zero-order valence-electron chi connectivity index (χ0n) is 10.6. The highest BCUT2D eigenvalue weighted by molar-refractivity contribution is 7.82. The van der Waals surface area contributed by atoms with Crippen LogP contribution in [0.1, 0.15) is 34.1 Å². The third-order valence-electron chi connectivity index (χ3n) is 1.93. The zero-order valence-corrected chi connectivity index (χ0v) is 12.4. The van der Waals surface area contributed by atoms with Crippen molar-refractivity contribution >= 4 is 31.2 Å². The highest BCUT2D eigenvalue weighted by Crippen LogP contribution is 2.11. The van der Waals surface area contributed by atoms with Crippen LogP contribution in [0.5, 0.6) is 0 Å². The van der Waals surface area contributed by atoms with E-state index in [-0.39, 0.29) is 10.7 Å². The second-order valence-electron chi connectivity index (χ2n) is 5.16. The van der Waals surface area contributed by atoms with Crippen LogP contribution in [0.15, 0.2) is 0 Å². The molecule has 5 heteroatoms. The lowest BCUT2D eigenvalue weighted by Crippen LogP contribution is -2.39. The number of hydrogen-bond acceptors (Lipinski definition) is 4. The molecule has 0 aromatic rings. The molecule has 0 aliphatic rings. The number of hydrogen-bond donors (Lipinski definition) is 4. The van der Waals surface area contributed by atoms with Crippen LogP contribution in [0.3, 0.4) is 0 Å². The molecule has 1 amide bonds. The van der Waals surface area contributed by atoms with Crippen LogP contribution in [0.4, 0.5) is 0 Å². The zero-order chi connectivity index (χ0) is 12.8. The Morgan fingerprint density at radius 2 is 1.69 bits per heavy atom. The summed E-state index contributed by atoms with van der Waals surface area (Å²) in [4.78, 5) is 11.4. The van der Waals surface area contributed by atoms with Gasteiger partial charge in [-0.1, -0.05) is 0 Å². The van der Waals surface area contributed by atoms with E-state index in [0.29, 0.717) is 6.54 Å². The smallest absolute Gasteiger partial charge is 0.235 e. The highest BCUT2D eigenvalue weighted by atomic mass is 32.1. The number of carbonyl (C=O) groups is 1. The largest absolute Gasteiger partial charge is 0.355 e. The third-order valence-corrected chi connectivity index (χ3v) is 2.29. The number of thiol groups is 2. The van der Waals surface area contributed by atoms with Crippen LogP contribution in [-0.2, 0) is 4.79 Å². The van der Waals surface area contributed by atoms with Gasteiger partial charge in [-0.05, 0) is 40.7 Å². The quantitative estimate of drug-likeness (QED) is 0.416. The van der Waals surface area contributed by atoms with Crippen LogP contribution >= 0.6 is 25.3 Å². The second-order valence-corrected chi connectivity index (χ2v) is 7.49. The SMILES string of the molecule is CC(C)(S)CNCCCNC(=O)C(C)(C)S. The summed E-state index contributed by atoms with van der Waals surface area (Å²) in [6, 6.07) is 0. The summed E-state index contributed by atoms with van der Waals surface area (Å²) < 4.78 is -0.586. The molecule has 0 aromatic heterocycles. The first-order valence-corrected chi connectivity index (χ1v) is 6.46. The van der Waals surface area contributed by atoms with E-state index in [1.165, 1.54) is 0 Å². The molecule has 96 valence electrons. The van der Waals surface area contributed by atoms with E-state index in [0.717, 1.165) is 19.5 Å². The Balaban J connectivity index is 3.45. The summed E-state index contributed by atoms with van der Waals surface area (Å²) in [5, 5.41) is 6.14. The average molecular weight is 264 g/mol.